The molecular weight excluding hydrogens is 228 g/mol. The molecule has 0 unspecified atom stereocenters. The largest absolute Gasteiger partial charge is 0.492 e. The predicted octanol–water partition coefficient (Wildman–Crippen LogP) is 2.46. The van der Waals surface area contributed by atoms with Crippen LogP contribution in [0.1, 0.15) is 13.8 Å². The molecule has 4 heteroatoms. The highest BCUT2D eigenvalue weighted by Crippen LogP contribution is 2.08. The van der Waals surface area contributed by atoms with Crippen LogP contribution in [-0.2, 0) is 0 Å². The normalized spacial score (nSPS) is 9.94. The lowest BCUT2D eigenvalue weighted by Crippen LogP contribution is -2.42. The number of urea groups is 1. The standard InChI is InChI=1S/C14H22N2O2/c1-4-16(5-2)14(17)15(3)11-12-18-13-9-7-6-8-10-13/h6-10H,4-5,11-12H2,1-3H3. The van der Waals surface area contributed by atoms with Crippen molar-refractivity contribution in [2.45, 2.75) is 13.8 Å². The second kappa shape index (κ2) is 7.58. The van der Waals surface area contributed by atoms with E-state index in [2.05, 4.69) is 0 Å². The molecule has 0 bridgehead atoms. The summed E-state index contributed by atoms with van der Waals surface area (Å²) < 4.78 is 5.56. The number of carbonyl (C=O) groups excluding carboxylic acids is 1. The summed E-state index contributed by atoms with van der Waals surface area (Å²) in [5.41, 5.74) is 0. The Morgan fingerprint density at radius 2 is 1.78 bits per heavy atom. The number of para-hydroxylation sites is 1. The molecule has 1 aromatic rings. The van der Waals surface area contributed by atoms with E-state index >= 15 is 0 Å². The van der Waals surface area contributed by atoms with Crippen LogP contribution in [0.2, 0.25) is 0 Å². The van der Waals surface area contributed by atoms with Crippen LogP contribution in [0.4, 0.5) is 4.79 Å². The molecule has 1 rings (SSSR count). The van der Waals surface area contributed by atoms with E-state index in [0.717, 1.165) is 18.8 Å². The molecule has 18 heavy (non-hydrogen) atoms. The zero-order valence-corrected chi connectivity index (χ0v) is 11.4. The zero-order chi connectivity index (χ0) is 13.4. The van der Waals surface area contributed by atoms with Gasteiger partial charge in [-0.05, 0) is 26.0 Å². The van der Waals surface area contributed by atoms with Gasteiger partial charge in [-0.2, -0.15) is 0 Å². The lowest BCUT2D eigenvalue weighted by molar-refractivity contribution is 0.158. The van der Waals surface area contributed by atoms with Gasteiger partial charge in [0.15, 0.2) is 0 Å². The SMILES string of the molecule is CCN(CC)C(=O)N(C)CCOc1ccccc1. The van der Waals surface area contributed by atoms with Crippen molar-refractivity contribution in [2.24, 2.45) is 0 Å². The summed E-state index contributed by atoms with van der Waals surface area (Å²) in [7, 11) is 1.80. The van der Waals surface area contributed by atoms with E-state index in [1.807, 2.05) is 44.2 Å². The first-order valence-electron chi connectivity index (χ1n) is 6.36. The molecule has 0 aliphatic heterocycles. The Morgan fingerprint density at radius 3 is 2.33 bits per heavy atom. The highest BCUT2D eigenvalue weighted by atomic mass is 16.5. The van der Waals surface area contributed by atoms with Crippen molar-refractivity contribution in [1.29, 1.82) is 0 Å². The number of ether oxygens (including phenoxy) is 1. The van der Waals surface area contributed by atoms with E-state index in [4.69, 9.17) is 4.74 Å². The van der Waals surface area contributed by atoms with Crippen molar-refractivity contribution in [3.05, 3.63) is 30.3 Å². The fourth-order valence-corrected chi connectivity index (χ4v) is 1.65. The van der Waals surface area contributed by atoms with Crippen LogP contribution < -0.4 is 4.74 Å². The van der Waals surface area contributed by atoms with Gasteiger partial charge in [-0.15, -0.1) is 0 Å². The van der Waals surface area contributed by atoms with Crippen LogP contribution in [0.15, 0.2) is 30.3 Å². The van der Waals surface area contributed by atoms with Crippen LogP contribution in [-0.4, -0.2) is 49.1 Å². The van der Waals surface area contributed by atoms with Gasteiger partial charge in [-0.25, -0.2) is 4.79 Å². The third-order valence-corrected chi connectivity index (χ3v) is 2.80. The summed E-state index contributed by atoms with van der Waals surface area (Å²) in [6.45, 7) is 6.53. The van der Waals surface area contributed by atoms with E-state index in [1.54, 1.807) is 16.8 Å². The van der Waals surface area contributed by atoms with Gasteiger partial charge in [0.25, 0.3) is 0 Å². The van der Waals surface area contributed by atoms with Gasteiger partial charge in [0.2, 0.25) is 0 Å². The summed E-state index contributed by atoms with van der Waals surface area (Å²) in [5, 5.41) is 0. The van der Waals surface area contributed by atoms with Crippen molar-refractivity contribution >= 4 is 6.03 Å². The van der Waals surface area contributed by atoms with Gasteiger partial charge in [-0.1, -0.05) is 18.2 Å². The molecule has 0 radical (unpaired) electrons. The van der Waals surface area contributed by atoms with Crippen molar-refractivity contribution < 1.29 is 9.53 Å². The molecule has 100 valence electrons. The first kappa shape index (κ1) is 14.4. The molecule has 0 saturated carbocycles. The van der Waals surface area contributed by atoms with Crippen LogP contribution in [0, 0.1) is 0 Å². The third-order valence-electron chi connectivity index (χ3n) is 2.80. The second-order valence-electron chi connectivity index (χ2n) is 4.04. The number of nitrogens with zero attached hydrogens (tertiary/aromatic N) is 2. The van der Waals surface area contributed by atoms with Crippen LogP contribution in [0.5, 0.6) is 5.75 Å². The average Bonchev–Trinajstić information content (AvgIpc) is 2.41. The Morgan fingerprint density at radius 1 is 1.17 bits per heavy atom. The molecule has 0 aliphatic carbocycles. The van der Waals surface area contributed by atoms with E-state index in [0.29, 0.717) is 13.2 Å². The molecule has 0 atom stereocenters. The number of hydrogen-bond acceptors (Lipinski definition) is 2. The highest BCUT2D eigenvalue weighted by molar-refractivity contribution is 5.74. The Kier molecular flexibility index (Phi) is 6.05. The van der Waals surface area contributed by atoms with Crippen LogP contribution in [0.3, 0.4) is 0 Å². The van der Waals surface area contributed by atoms with E-state index < -0.39 is 0 Å². The molecular formula is C14H22N2O2. The maximum absolute atomic E-state index is 11.9. The molecule has 4 nitrogen and oxygen atoms in total. The topological polar surface area (TPSA) is 32.8 Å². The van der Waals surface area contributed by atoms with Gasteiger partial charge in [0, 0.05) is 20.1 Å². The van der Waals surface area contributed by atoms with E-state index in [9.17, 15) is 4.79 Å². The molecule has 0 fully saturated rings. The monoisotopic (exact) mass is 250 g/mol. The molecule has 0 aliphatic rings. The Bertz CT molecular complexity index is 350. The molecule has 1 aromatic carbocycles. The summed E-state index contributed by atoms with van der Waals surface area (Å²) in [4.78, 5) is 15.4. The van der Waals surface area contributed by atoms with Crippen LogP contribution >= 0.6 is 0 Å². The minimum atomic E-state index is 0.0525. The first-order valence-corrected chi connectivity index (χ1v) is 6.36. The Hall–Kier alpha value is -1.71. The molecule has 0 saturated heterocycles. The number of likely N-dealkylation sites (N-methyl/N-ethyl adjacent to an activating group) is 1. The molecule has 0 N–H and O–H groups in total. The Labute approximate surface area is 109 Å². The van der Waals surface area contributed by atoms with Gasteiger partial charge in [0.05, 0.1) is 6.54 Å². The average molecular weight is 250 g/mol. The summed E-state index contributed by atoms with van der Waals surface area (Å²) >= 11 is 0. The maximum Gasteiger partial charge on any atom is 0.319 e. The van der Waals surface area contributed by atoms with Crippen molar-refractivity contribution in [2.75, 3.05) is 33.3 Å². The smallest absolute Gasteiger partial charge is 0.319 e. The Balaban J connectivity index is 2.33. The molecule has 0 heterocycles. The second-order valence-corrected chi connectivity index (χ2v) is 4.04. The van der Waals surface area contributed by atoms with Gasteiger partial charge < -0.3 is 14.5 Å². The minimum Gasteiger partial charge on any atom is -0.492 e. The first-order chi connectivity index (χ1) is 8.69. The van der Waals surface area contributed by atoms with Gasteiger partial charge in [-0.3, -0.25) is 0 Å². The summed E-state index contributed by atoms with van der Waals surface area (Å²) in [6.07, 6.45) is 0. The lowest BCUT2D eigenvalue weighted by Gasteiger charge is -2.26. The fourth-order valence-electron chi connectivity index (χ4n) is 1.65. The maximum atomic E-state index is 11.9. The number of amides is 2. The van der Waals surface area contributed by atoms with Crippen molar-refractivity contribution in [3.63, 3.8) is 0 Å². The van der Waals surface area contributed by atoms with Gasteiger partial charge >= 0.3 is 6.03 Å². The summed E-state index contributed by atoms with van der Waals surface area (Å²) in [5.74, 6) is 0.834. The predicted molar refractivity (Wildman–Crippen MR) is 72.9 cm³/mol. The van der Waals surface area contributed by atoms with E-state index in [1.165, 1.54) is 0 Å². The van der Waals surface area contributed by atoms with Crippen LogP contribution in [0.25, 0.3) is 0 Å². The third kappa shape index (κ3) is 4.28. The van der Waals surface area contributed by atoms with Crippen molar-refractivity contribution in [1.82, 2.24) is 9.80 Å². The minimum absolute atomic E-state index is 0.0525. The highest BCUT2D eigenvalue weighted by Gasteiger charge is 2.14. The molecule has 0 aromatic heterocycles. The number of hydrogen-bond donors (Lipinski definition) is 0. The number of carbonyl (C=O) groups is 1. The molecule has 2 amide bonds. The molecule has 0 spiro atoms. The summed E-state index contributed by atoms with van der Waals surface area (Å²) in [6, 6.07) is 9.68. The number of rotatable bonds is 6. The fraction of sp³-hybridized carbons (Fsp3) is 0.500. The van der Waals surface area contributed by atoms with E-state index in [-0.39, 0.29) is 6.03 Å². The van der Waals surface area contributed by atoms with Gasteiger partial charge in [0.1, 0.15) is 12.4 Å². The van der Waals surface area contributed by atoms with Crippen molar-refractivity contribution in [3.8, 4) is 5.75 Å². The zero-order valence-electron chi connectivity index (χ0n) is 11.4. The lowest BCUT2D eigenvalue weighted by atomic mass is 10.3. The quantitative estimate of drug-likeness (QED) is 0.777. The number of benzene rings is 1.